The van der Waals surface area contributed by atoms with Crippen LogP contribution in [-0.2, 0) is 17.1 Å². The highest BCUT2D eigenvalue weighted by Gasteiger charge is 2.30. The number of nitrogens with zero attached hydrogens (tertiary/aromatic N) is 8. The molecule has 184 valence electrons. The van der Waals surface area contributed by atoms with E-state index in [-0.39, 0.29) is 5.03 Å². The molecule has 4 heterocycles. The summed E-state index contributed by atoms with van der Waals surface area (Å²) in [4.78, 5) is 14.9. The van der Waals surface area contributed by atoms with Crippen LogP contribution in [0.25, 0.3) is 16.9 Å². The Morgan fingerprint density at radius 1 is 0.971 bits per heavy atom. The second kappa shape index (κ2) is 9.15. The van der Waals surface area contributed by atoms with E-state index in [0.717, 1.165) is 16.9 Å². The maximum absolute atomic E-state index is 13.2. The van der Waals surface area contributed by atoms with Gasteiger partial charge in [0.15, 0.2) is 16.5 Å². The van der Waals surface area contributed by atoms with Crippen molar-refractivity contribution in [3.05, 3.63) is 43.2 Å². The maximum Gasteiger partial charge on any atom is 0.262 e. The molecule has 0 spiro atoms. The monoisotopic (exact) mass is 498 g/mol. The molecular weight excluding hydrogens is 472 g/mol. The van der Waals surface area contributed by atoms with Crippen LogP contribution >= 0.6 is 0 Å². The molecule has 1 aliphatic heterocycles. The third-order valence-corrected chi connectivity index (χ3v) is 7.80. The Morgan fingerprint density at radius 3 is 2.54 bits per heavy atom. The predicted molar refractivity (Wildman–Crippen MR) is 128 cm³/mol. The molecule has 0 N–H and O–H groups in total. The Kier molecular flexibility index (Phi) is 6.03. The van der Waals surface area contributed by atoms with Crippen molar-refractivity contribution in [1.29, 1.82) is 0 Å². The second-order valence-corrected chi connectivity index (χ2v) is 10.0. The first-order valence-electron chi connectivity index (χ1n) is 11.1. The zero-order valence-electron chi connectivity index (χ0n) is 19.7. The molecule has 0 atom stereocenters. The van der Waals surface area contributed by atoms with Gasteiger partial charge in [0.05, 0.1) is 20.5 Å². The number of anilines is 1. The molecule has 13 heteroatoms. The van der Waals surface area contributed by atoms with Crippen molar-refractivity contribution < 1.29 is 17.9 Å². The van der Waals surface area contributed by atoms with Gasteiger partial charge in [0.2, 0.25) is 0 Å². The van der Waals surface area contributed by atoms with Crippen LogP contribution in [0.4, 0.5) is 5.82 Å². The summed E-state index contributed by atoms with van der Waals surface area (Å²) in [5.41, 5.74) is 1.69. The normalized spacial score (nSPS) is 15.3. The number of benzene rings is 1. The van der Waals surface area contributed by atoms with Gasteiger partial charge in [-0.2, -0.15) is 18.9 Å². The summed E-state index contributed by atoms with van der Waals surface area (Å²) in [6.07, 6.45) is 6.86. The molecule has 1 fully saturated rings. The fraction of sp³-hybridized carbons (Fsp3) is 0.364. The minimum atomic E-state index is -3.68. The molecule has 4 aromatic rings. The van der Waals surface area contributed by atoms with Gasteiger partial charge < -0.3 is 18.9 Å². The quantitative estimate of drug-likeness (QED) is 0.389. The van der Waals surface area contributed by atoms with Crippen molar-refractivity contribution in [2.45, 2.75) is 11.4 Å². The van der Waals surface area contributed by atoms with E-state index < -0.39 is 10.0 Å². The lowest BCUT2D eigenvalue weighted by Gasteiger charge is -2.26. The van der Waals surface area contributed by atoms with E-state index in [1.54, 1.807) is 36.5 Å². The topological polar surface area (TPSA) is 120 Å². The summed E-state index contributed by atoms with van der Waals surface area (Å²) in [6.45, 7) is 1.80. The van der Waals surface area contributed by atoms with Crippen LogP contribution in [0.3, 0.4) is 0 Å². The number of fused-ring (bicyclic) bond motifs is 1. The van der Waals surface area contributed by atoms with E-state index in [2.05, 4.69) is 25.0 Å². The summed E-state index contributed by atoms with van der Waals surface area (Å²) in [5, 5.41) is 4.46. The number of rotatable bonds is 6. The fourth-order valence-electron chi connectivity index (χ4n) is 4.28. The molecule has 0 unspecified atom stereocenters. The summed E-state index contributed by atoms with van der Waals surface area (Å²) >= 11 is 0. The summed E-state index contributed by atoms with van der Waals surface area (Å²) in [6, 6.07) is 5.66. The third-order valence-electron chi connectivity index (χ3n) is 6.01. The Balaban J connectivity index is 1.52. The molecule has 5 rings (SSSR count). The zero-order chi connectivity index (χ0) is 24.6. The first-order chi connectivity index (χ1) is 16.9. The van der Waals surface area contributed by atoms with Crippen LogP contribution in [0.1, 0.15) is 6.42 Å². The van der Waals surface area contributed by atoms with Crippen LogP contribution in [-0.4, -0.2) is 82.3 Å². The highest BCUT2D eigenvalue weighted by atomic mass is 32.2. The van der Waals surface area contributed by atoms with Crippen molar-refractivity contribution in [2.75, 3.05) is 45.3 Å². The lowest BCUT2D eigenvalue weighted by atomic mass is 10.1. The number of aryl methyl sites for hydroxylation is 1. The molecule has 3 aromatic heterocycles. The highest BCUT2D eigenvalue weighted by Crippen LogP contribution is 2.36. The highest BCUT2D eigenvalue weighted by molar-refractivity contribution is 7.89. The van der Waals surface area contributed by atoms with Crippen molar-refractivity contribution in [2.24, 2.45) is 7.05 Å². The van der Waals surface area contributed by atoms with Crippen LogP contribution in [0.5, 0.6) is 11.5 Å². The van der Waals surface area contributed by atoms with Crippen LogP contribution in [0.2, 0.25) is 0 Å². The van der Waals surface area contributed by atoms with Crippen molar-refractivity contribution in [3.63, 3.8) is 0 Å². The minimum absolute atomic E-state index is 0.0574. The smallest absolute Gasteiger partial charge is 0.262 e. The van der Waals surface area contributed by atoms with Crippen LogP contribution < -0.4 is 14.4 Å². The molecule has 0 saturated carbocycles. The van der Waals surface area contributed by atoms with Gasteiger partial charge in [-0.05, 0) is 24.1 Å². The fourth-order valence-corrected chi connectivity index (χ4v) is 5.71. The summed E-state index contributed by atoms with van der Waals surface area (Å²) < 4.78 is 42.0. The SMILES string of the molecule is COc1ccc(-c2cnc3ncnn3c2N2CCCN(S(=O)(=O)c3cn(C)cn3)CC2)cc1OC. The van der Waals surface area contributed by atoms with Gasteiger partial charge in [0.25, 0.3) is 15.8 Å². The van der Waals surface area contributed by atoms with Crippen molar-refractivity contribution in [3.8, 4) is 22.6 Å². The van der Waals surface area contributed by atoms with Crippen molar-refractivity contribution >= 4 is 21.6 Å². The van der Waals surface area contributed by atoms with E-state index in [4.69, 9.17) is 9.47 Å². The number of sulfonamides is 1. The zero-order valence-corrected chi connectivity index (χ0v) is 20.5. The Bertz CT molecular complexity index is 1470. The van der Waals surface area contributed by atoms with Gasteiger partial charge in [0.1, 0.15) is 12.1 Å². The Hall–Kier alpha value is -3.71. The molecule has 35 heavy (non-hydrogen) atoms. The van der Waals surface area contributed by atoms with Gasteiger partial charge in [-0.25, -0.2) is 18.4 Å². The molecule has 0 bridgehead atoms. The third kappa shape index (κ3) is 4.17. The largest absolute Gasteiger partial charge is 0.493 e. The van der Waals surface area contributed by atoms with Crippen LogP contribution in [0.15, 0.2) is 48.3 Å². The second-order valence-electron chi connectivity index (χ2n) is 8.16. The lowest BCUT2D eigenvalue weighted by molar-refractivity contribution is 0.355. The number of hydrogen-bond donors (Lipinski definition) is 0. The Morgan fingerprint density at radius 2 is 1.80 bits per heavy atom. The molecule has 0 amide bonds. The van der Waals surface area contributed by atoms with Gasteiger partial charge in [-0.3, -0.25) is 0 Å². The predicted octanol–water partition coefficient (Wildman–Crippen LogP) is 1.44. The molecule has 1 saturated heterocycles. The average Bonchev–Trinajstić information content (AvgIpc) is 3.45. The summed E-state index contributed by atoms with van der Waals surface area (Å²) in [7, 11) is 1.25. The molecule has 0 aliphatic carbocycles. The van der Waals surface area contributed by atoms with E-state index in [0.29, 0.717) is 49.9 Å². The van der Waals surface area contributed by atoms with Gasteiger partial charge >= 0.3 is 0 Å². The first kappa shape index (κ1) is 23.1. The van der Waals surface area contributed by atoms with E-state index in [1.807, 2.05) is 18.2 Å². The van der Waals surface area contributed by atoms with Gasteiger partial charge in [0, 0.05) is 51.2 Å². The number of ether oxygens (including phenoxy) is 2. The van der Waals surface area contributed by atoms with E-state index in [1.165, 1.54) is 23.2 Å². The molecule has 1 aliphatic rings. The Labute approximate surface area is 202 Å². The number of aromatic nitrogens is 6. The van der Waals surface area contributed by atoms with E-state index >= 15 is 0 Å². The standard InChI is InChI=1S/C22H26N8O4S/c1-27-13-20(25-15-27)35(31,32)29-8-4-7-28(9-10-29)21-17(12-23-22-24-14-26-30(21)22)16-5-6-18(33-2)19(11-16)34-3/h5-6,11-15H,4,7-10H2,1-3H3. The maximum atomic E-state index is 13.2. The van der Waals surface area contributed by atoms with Crippen LogP contribution in [0, 0.1) is 0 Å². The minimum Gasteiger partial charge on any atom is -0.493 e. The van der Waals surface area contributed by atoms with Gasteiger partial charge in [-0.1, -0.05) is 6.07 Å². The first-order valence-corrected chi connectivity index (χ1v) is 12.5. The summed E-state index contributed by atoms with van der Waals surface area (Å²) in [5.74, 6) is 2.47. The number of hydrogen-bond acceptors (Lipinski definition) is 9. The van der Waals surface area contributed by atoms with Crippen molar-refractivity contribution in [1.82, 2.24) is 33.4 Å². The molecule has 1 aromatic carbocycles. The molecular formula is C22H26N8O4S. The number of methoxy groups -OCH3 is 2. The number of imidazole rings is 1. The van der Waals surface area contributed by atoms with Gasteiger partial charge in [-0.15, -0.1) is 0 Å². The molecule has 12 nitrogen and oxygen atoms in total. The average molecular weight is 499 g/mol. The lowest BCUT2D eigenvalue weighted by Crippen LogP contribution is -2.36. The molecule has 0 radical (unpaired) electrons. The van der Waals surface area contributed by atoms with E-state index in [9.17, 15) is 8.42 Å².